The lowest BCUT2D eigenvalue weighted by atomic mass is 10.0. The average molecular weight is 473 g/mol. The zero-order chi connectivity index (χ0) is 22.6. The van der Waals surface area contributed by atoms with Crippen LogP contribution in [0.25, 0.3) is 0 Å². The second kappa shape index (κ2) is 9.94. The van der Waals surface area contributed by atoms with E-state index in [-0.39, 0.29) is 10.9 Å². The predicted octanol–water partition coefficient (Wildman–Crippen LogP) is 4.63. The molecule has 0 spiro atoms. The van der Waals surface area contributed by atoms with E-state index in [1.165, 1.54) is 5.56 Å². The summed E-state index contributed by atoms with van der Waals surface area (Å²) in [6, 6.07) is 15.9. The number of piperidine rings is 1. The number of nitrogens with zero attached hydrogens (tertiary/aromatic N) is 2. The average Bonchev–Trinajstić information content (AvgIpc) is 3.34. The number of benzene rings is 2. The van der Waals surface area contributed by atoms with Crippen molar-refractivity contribution in [1.82, 2.24) is 4.90 Å². The molecule has 1 saturated heterocycles. The molecule has 0 radical (unpaired) electrons. The first-order chi connectivity index (χ1) is 15.5. The molecule has 170 valence electrons. The first-order valence-electron chi connectivity index (χ1n) is 10.6. The Bertz CT molecular complexity index is 1110. The van der Waals surface area contributed by atoms with Gasteiger partial charge in [0.25, 0.3) is 10.0 Å². The molecule has 0 atom stereocenters. The molecule has 6 nitrogen and oxygen atoms in total. The molecule has 1 aromatic heterocycles. The second-order valence-electron chi connectivity index (χ2n) is 7.79. The van der Waals surface area contributed by atoms with Gasteiger partial charge < -0.3 is 9.47 Å². The van der Waals surface area contributed by atoms with Crippen LogP contribution >= 0.6 is 11.3 Å². The standard InChI is InChI=1S/C24H28N2O4S2/c1-29-23-9-8-21(16-24(23)30-2)26(32(27,28)22-6-4-3-5-7-22)20-10-13-25(14-11-20)17-19-12-15-31-18-19/h3-9,12,15-16,18,20H,10-11,13-14,17H2,1-2H3. The van der Waals surface area contributed by atoms with Gasteiger partial charge in [-0.3, -0.25) is 9.21 Å². The maximum atomic E-state index is 13.8. The zero-order valence-corrected chi connectivity index (χ0v) is 19.9. The van der Waals surface area contributed by atoms with E-state index in [1.54, 1.807) is 72.3 Å². The topological polar surface area (TPSA) is 59.1 Å². The van der Waals surface area contributed by atoms with Gasteiger partial charge in [-0.2, -0.15) is 11.3 Å². The molecule has 1 aliphatic rings. The van der Waals surface area contributed by atoms with Gasteiger partial charge in [0.15, 0.2) is 11.5 Å². The molecular weight excluding hydrogens is 444 g/mol. The van der Waals surface area contributed by atoms with Gasteiger partial charge in [0, 0.05) is 31.7 Å². The highest BCUT2D eigenvalue weighted by atomic mass is 32.2. The number of sulfonamides is 1. The van der Waals surface area contributed by atoms with E-state index < -0.39 is 10.0 Å². The van der Waals surface area contributed by atoms with E-state index in [0.717, 1.165) is 32.5 Å². The predicted molar refractivity (Wildman–Crippen MR) is 128 cm³/mol. The van der Waals surface area contributed by atoms with Crippen molar-refractivity contribution in [2.45, 2.75) is 30.3 Å². The van der Waals surface area contributed by atoms with E-state index in [9.17, 15) is 8.42 Å². The van der Waals surface area contributed by atoms with Crippen molar-refractivity contribution in [1.29, 1.82) is 0 Å². The number of thiophene rings is 1. The van der Waals surface area contributed by atoms with Crippen LogP contribution in [-0.2, 0) is 16.6 Å². The van der Waals surface area contributed by atoms with E-state index in [4.69, 9.17) is 9.47 Å². The van der Waals surface area contributed by atoms with Crippen LogP contribution in [0, 0.1) is 0 Å². The summed E-state index contributed by atoms with van der Waals surface area (Å²) in [5.41, 5.74) is 1.89. The maximum Gasteiger partial charge on any atom is 0.264 e. The molecule has 0 bridgehead atoms. The number of methoxy groups -OCH3 is 2. The second-order valence-corrected chi connectivity index (χ2v) is 10.4. The highest BCUT2D eigenvalue weighted by molar-refractivity contribution is 7.92. The highest BCUT2D eigenvalue weighted by Gasteiger charge is 2.34. The summed E-state index contributed by atoms with van der Waals surface area (Å²) < 4.78 is 39.9. The van der Waals surface area contributed by atoms with Gasteiger partial charge in [0.2, 0.25) is 0 Å². The summed E-state index contributed by atoms with van der Waals surface area (Å²) in [7, 11) is -0.621. The lowest BCUT2D eigenvalue weighted by Crippen LogP contribution is -2.47. The van der Waals surface area contributed by atoms with E-state index in [1.807, 2.05) is 6.07 Å². The molecule has 0 N–H and O–H groups in total. The van der Waals surface area contributed by atoms with Crippen LogP contribution in [0.1, 0.15) is 18.4 Å². The SMILES string of the molecule is COc1ccc(N(C2CCN(Cc3ccsc3)CC2)S(=O)(=O)c2ccccc2)cc1OC. The Morgan fingerprint density at radius 3 is 2.34 bits per heavy atom. The summed E-state index contributed by atoms with van der Waals surface area (Å²) in [5, 5.41) is 4.26. The third-order valence-corrected chi connectivity index (χ3v) is 8.42. The lowest BCUT2D eigenvalue weighted by molar-refractivity contribution is 0.207. The molecule has 3 aromatic rings. The molecule has 32 heavy (non-hydrogen) atoms. The molecule has 2 aromatic carbocycles. The van der Waals surface area contributed by atoms with Gasteiger partial charge in [0.05, 0.1) is 24.8 Å². The quantitative estimate of drug-likeness (QED) is 0.479. The van der Waals surface area contributed by atoms with Gasteiger partial charge in [-0.05, 0) is 59.5 Å². The molecule has 0 unspecified atom stereocenters. The third-order valence-electron chi connectivity index (χ3n) is 5.80. The molecule has 8 heteroatoms. The normalized spacial score (nSPS) is 15.4. The maximum absolute atomic E-state index is 13.8. The number of rotatable bonds is 8. The minimum absolute atomic E-state index is 0.142. The Labute approximate surface area is 194 Å². The molecule has 1 aliphatic heterocycles. The van der Waals surface area contributed by atoms with Crippen molar-refractivity contribution in [2.24, 2.45) is 0 Å². The Morgan fingerprint density at radius 2 is 1.72 bits per heavy atom. The number of anilines is 1. The van der Waals surface area contributed by atoms with Crippen LogP contribution in [0.5, 0.6) is 11.5 Å². The summed E-state index contributed by atoms with van der Waals surface area (Å²) in [4.78, 5) is 2.68. The monoisotopic (exact) mass is 472 g/mol. The highest BCUT2D eigenvalue weighted by Crippen LogP contribution is 2.36. The van der Waals surface area contributed by atoms with Crippen LogP contribution in [0.4, 0.5) is 5.69 Å². The Morgan fingerprint density at radius 1 is 1.00 bits per heavy atom. The number of likely N-dealkylation sites (tertiary alicyclic amines) is 1. The first-order valence-corrected chi connectivity index (χ1v) is 13.0. The largest absolute Gasteiger partial charge is 0.493 e. The van der Waals surface area contributed by atoms with Crippen LogP contribution in [-0.4, -0.2) is 46.7 Å². The fourth-order valence-corrected chi connectivity index (χ4v) is 6.55. The summed E-state index contributed by atoms with van der Waals surface area (Å²) in [6.45, 7) is 2.58. The summed E-state index contributed by atoms with van der Waals surface area (Å²) in [6.07, 6.45) is 1.51. The molecule has 0 aliphatic carbocycles. The molecule has 4 rings (SSSR count). The van der Waals surface area contributed by atoms with Gasteiger partial charge in [0.1, 0.15) is 0 Å². The van der Waals surface area contributed by atoms with Gasteiger partial charge >= 0.3 is 0 Å². The smallest absolute Gasteiger partial charge is 0.264 e. The molecule has 0 saturated carbocycles. The lowest BCUT2D eigenvalue weighted by Gasteiger charge is -2.39. The van der Waals surface area contributed by atoms with Crippen molar-refractivity contribution in [3.05, 3.63) is 70.9 Å². The van der Waals surface area contributed by atoms with Crippen molar-refractivity contribution in [3.8, 4) is 11.5 Å². The van der Waals surface area contributed by atoms with Crippen LogP contribution in [0.2, 0.25) is 0 Å². The Kier molecular flexibility index (Phi) is 7.03. The van der Waals surface area contributed by atoms with Crippen molar-refractivity contribution in [2.75, 3.05) is 31.6 Å². The van der Waals surface area contributed by atoms with E-state index in [2.05, 4.69) is 21.7 Å². The minimum atomic E-state index is -3.75. The number of hydrogen-bond donors (Lipinski definition) is 0. The first kappa shape index (κ1) is 22.6. The fourth-order valence-electron chi connectivity index (χ4n) is 4.17. The third kappa shape index (κ3) is 4.77. The Balaban J connectivity index is 1.64. The minimum Gasteiger partial charge on any atom is -0.493 e. The Hall–Kier alpha value is -2.55. The van der Waals surface area contributed by atoms with Crippen molar-refractivity contribution in [3.63, 3.8) is 0 Å². The van der Waals surface area contributed by atoms with Crippen LogP contribution in [0.3, 0.4) is 0 Å². The zero-order valence-electron chi connectivity index (χ0n) is 18.3. The molecule has 0 amide bonds. The van der Waals surface area contributed by atoms with Crippen LogP contribution < -0.4 is 13.8 Å². The summed E-state index contributed by atoms with van der Waals surface area (Å²) in [5.74, 6) is 1.08. The molecular formula is C24H28N2O4S2. The van der Waals surface area contributed by atoms with Gasteiger partial charge in [-0.1, -0.05) is 18.2 Å². The molecule has 2 heterocycles. The van der Waals surface area contributed by atoms with E-state index in [0.29, 0.717) is 17.2 Å². The van der Waals surface area contributed by atoms with E-state index >= 15 is 0 Å². The molecule has 1 fully saturated rings. The van der Waals surface area contributed by atoms with Gasteiger partial charge in [-0.25, -0.2) is 8.42 Å². The fraction of sp³-hybridized carbons (Fsp3) is 0.333. The number of ether oxygens (including phenoxy) is 2. The van der Waals surface area contributed by atoms with Gasteiger partial charge in [-0.15, -0.1) is 0 Å². The van der Waals surface area contributed by atoms with Crippen LogP contribution in [0.15, 0.2) is 70.3 Å². The number of hydrogen-bond acceptors (Lipinski definition) is 6. The van der Waals surface area contributed by atoms with Crippen molar-refractivity contribution >= 4 is 27.0 Å². The van der Waals surface area contributed by atoms with Crippen molar-refractivity contribution < 1.29 is 17.9 Å². The summed E-state index contributed by atoms with van der Waals surface area (Å²) >= 11 is 1.70.